The third-order valence-corrected chi connectivity index (χ3v) is 3.64. The van der Waals surface area contributed by atoms with Crippen LogP contribution in [0, 0.1) is 5.92 Å². The molecule has 1 aromatic rings. The molecule has 1 amide bonds. The molecule has 1 heterocycles. The Hall–Kier alpha value is -1.35. The van der Waals surface area contributed by atoms with Gasteiger partial charge in [0, 0.05) is 0 Å². The minimum Gasteiger partial charge on any atom is -0.348 e. The van der Waals surface area contributed by atoms with Crippen LogP contribution in [0.4, 0.5) is 0 Å². The van der Waals surface area contributed by atoms with Crippen LogP contribution in [-0.4, -0.2) is 18.5 Å². The molecule has 3 atom stereocenters. The normalized spacial score (nSPS) is 25.4. The quantitative estimate of drug-likeness (QED) is 0.859. The lowest BCUT2D eigenvalue weighted by Gasteiger charge is -2.28. The van der Waals surface area contributed by atoms with Gasteiger partial charge in [-0.15, -0.1) is 0 Å². The zero-order chi connectivity index (χ0) is 13.0. The molecule has 1 saturated heterocycles. The molecular formula is C15H22N2O. The number of rotatable bonds is 3. The molecule has 1 aliphatic heterocycles. The molecule has 0 spiro atoms. The zero-order valence-electron chi connectivity index (χ0n) is 11.1. The number of amides is 1. The molecule has 98 valence electrons. The number of hydrogen-bond donors (Lipinski definition) is 2. The van der Waals surface area contributed by atoms with E-state index in [0.717, 1.165) is 24.9 Å². The molecule has 0 aliphatic carbocycles. The van der Waals surface area contributed by atoms with E-state index in [1.807, 2.05) is 37.3 Å². The van der Waals surface area contributed by atoms with Crippen LogP contribution in [0.2, 0.25) is 0 Å². The second kappa shape index (κ2) is 6.01. The van der Waals surface area contributed by atoms with Crippen molar-refractivity contribution in [1.82, 2.24) is 10.6 Å². The average molecular weight is 246 g/mol. The Morgan fingerprint density at radius 2 is 2.11 bits per heavy atom. The fraction of sp³-hybridized carbons (Fsp3) is 0.533. The highest BCUT2D eigenvalue weighted by Gasteiger charge is 2.25. The molecule has 3 heteroatoms. The SMILES string of the molecule is CC1CCNC(C(=O)NC(C)c2ccccc2)C1. The predicted octanol–water partition coefficient (Wildman–Crippen LogP) is 2.25. The summed E-state index contributed by atoms with van der Waals surface area (Å²) >= 11 is 0. The zero-order valence-corrected chi connectivity index (χ0v) is 11.1. The highest BCUT2D eigenvalue weighted by molar-refractivity contribution is 5.82. The lowest BCUT2D eigenvalue weighted by Crippen LogP contribution is -2.48. The minimum atomic E-state index is -0.0279. The maximum absolute atomic E-state index is 12.2. The van der Waals surface area contributed by atoms with Gasteiger partial charge < -0.3 is 10.6 Å². The van der Waals surface area contributed by atoms with Gasteiger partial charge >= 0.3 is 0 Å². The monoisotopic (exact) mass is 246 g/mol. The van der Waals surface area contributed by atoms with Crippen molar-refractivity contribution in [2.45, 2.75) is 38.8 Å². The largest absolute Gasteiger partial charge is 0.348 e. The first-order valence-corrected chi connectivity index (χ1v) is 6.75. The van der Waals surface area contributed by atoms with Gasteiger partial charge in [0.05, 0.1) is 12.1 Å². The summed E-state index contributed by atoms with van der Waals surface area (Å²) in [5, 5.41) is 6.38. The molecule has 2 rings (SSSR count). The van der Waals surface area contributed by atoms with E-state index in [2.05, 4.69) is 17.6 Å². The number of benzene rings is 1. The fourth-order valence-corrected chi connectivity index (χ4v) is 2.45. The van der Waals surface area contributed by atoms with Gasteiger partial charge in [-0.1, -0.05) is 37.3 Å². The van der Waals surface area contributed by atoms with Crippen LogP contribution < -0.4 is 10.6 Å². The van der Waals surface area contributed by atoms with Crippen LogP contribution in [0.15, 0.2) is 30.3 Å². The van der Waals surface area contributed by atoms with E-state index in [4.69, 9.17) is 0 Å². The Labute approximate surface area is 109 Å². The van der Waals surface area contributed by atoms with Crippen molar-refractivity contribution >= 4 is 5.91 Å². The second-order valence-electron chi connectivity index (χ2n) is 5.28. The Kier molecular flexibility index (Phi) is 4.37. The van der Waals surface area contributed by atoms with Crippen molar-refractivity contribution in [1.29, 1.82) is 0 Å². The smallest absolute Gasteiger partial charge is 0.237 e. The summed E-state index contributed by atoms with van der Waals surface area (Å²) in [4.78, 5) is 12.2. The standard InChI is InChI=1S/C15H22N2O/c1-11-8-9-16-14(10-11)15(18)17-12(2)13-6-4-3-5-7-13/h3-7,11-12,14,16H,8-10H2,1-2H3,(H,17,18). The third-order valence-electron chi connectivity index (χ3n) is 3.64. The van der Waals surface area contributed by atoms with Gasteiger partial charge in [0.1, 0.15) is 0 Å². The van der Waals surface area contributed by atoms with Gasteiger partial charge in [-0.2, -0.15) is 0 Å². The summed E-state index contributed by atoms with van der Waals surface area (Å²) < 4.78 is 0. The fourth-order valence-electron chi connectivity index (χ4n) is 2.45. The number of nitrogens with one attached hydrogen (secondary N) is 2. The van der Waals surface area contributed by atoms with Crippen LogP contribution >= 0.6 is 0 Å². The first kappa shape index (κ1) is 13.1. The minimum absolute atomic E-state index is 0.0279. The van der Waals surface area contributed by atoms with Crippen LogP contribution in [0.1, 0.15) is 38.3 Å². The van der Waals surface area contributed by atoms with E-state index < -0.39 is 0 Å². The molecule has 0 saturated carbocycles. The molecule has 0 radical (unpaired) electrons. The van der Waals surface area contributed by atoms with E-state index in [9.17, 15) is 4.79 Å². The van der Waals surface area contributed by atoms with Crippen LogP contribution in [0.25, 0.3) is 0 Å². The molecule has 1 aliphatic rings. The lowest BCUT2D eigenvalue weighted by molar-refractivity contribution is -0.124. The second-order valence-corrected chi connectivity index (χ2v) is 5.28. The van der Waals surface area contributed by atoms with E-state index >= 15 is 0 Å². The Morgan fingerprint density at radius 1 is 1.39 bits per heavy atom. The average Bonchev–Trinajstić information content (AvgIpc) is 2.39. The highest BCUT2D eigenvalue weighted by Crippen LogP contribution is 2.17. The molecular weight excluding hydrogens is 224 g/mol. The van der Waals surface area contributed by atoms with E-state index in [1.54, 1.807) is 0 Å². The van der Waals surface area contributed by atoms with Crippen molar-refractivity contribution < 1.29 is 4.79 Å². The van der Waals surface area contributed by atoms with Crippen molar-refractivity contribution in [3.05, 3.63) is 35.9 Å². The van der Waals surface area contributed by atoms with Gasteiger partial charge in [0.2, 0.25) is 5.91 Å². The Bertz CT molecular complexity index is 391. The summed E-state index contributed by atoms with van der Waals surface area (Å²) in [5.41, 5.74) is 1.15. The molecule has 3 nitrogen and oxygen atoms in total. The summed E-state index contributed by atoms with van der Waals surface area (Å²) in [6.45, 7) is 5.18. The van der Waals surface area contributed by atoms with Gasteiger partial charge in [0.15, 0.2) is 0 Å². The predicted molar refractivity (Wildman–Crippen MR) is 73.2 cm³/mol. The summed E-state index contributed by atoms with van der Waals surface area (Å²) in [6, 6.07) is 10.1. The number of carbonyl (C=O) groups excluding carboxylic acids is 1. The van der Waals surface area contributed by atoms with Gasteiger partial charge in [-0.25, -0.2) is 0 Å². The molecule has 1 fully saturated rings. The van der Waals surface area contributed by atoms with E-state index in [1.165, 1.54) is 0 Å². The van der Waals surface area contributed by atoms with Crippen molar-refractivity contribution in [3.8, 4) is 0 Å². The molecule has 0 aromatic heterocycles. The number of hydrogen-bond acceptors (Lipinski definition) is 2. The molecule has 0 bridgehead atoms. The maximum atomic E-state index is 12.2. The molecule has 2 N–H and O–H groups in total. The van der Waals surface area contributed by atoms with Crippen molar-refractivity contribution in [2.75, 3.05) is 6.54 Å². The molecule has 3 unspecified atom stereocenters. The lowest BCUT2D eigenvalue weighted by atomic mass is 9.93. The summed E-state index contributed by atoms with van der Waals surface area (Å²) in [6.07, 6.45) is 2.10. The summed E-state index contributed by atoms with van der Waals surface area (Å²) in [7, 11) is 0. The number of carbonyl (C=O) groups is 1. The first-order valence-electron chi connectivity index (χ1n) is 6.75. The third kappa shape index (κ3) is 3.33. The highest BCUT2D eigenvalue weighted by atomic mass is 16.2. The van der Waals surface area contributed by atoms with Gasteiger partial charge in [-0.3, -0.25) is 4.79 Å². The Morgan fingerprint density at radius 3 is 2.78 bits per heavy atom. The van der Waals surface area contributed by atoms with Crippen LogP contribution in [0.3, 0.4) is 0 Å². The van der Waals surface area contributed by atoms with Crippen LogP contribution in [0.5, 0.6) is 0 Å². The first-order chi connectivity index (χ1) is 8.66. The van der Waals surface area contributed by atoms with Gasteiger partial charge in [-0.05, 0) is 37.8 Å². The van der Waals surface area contributed by atoms with Gasteiger partial charge in [0.25, 0.3) is 0 Å². The maximum Gasteiger partial charge on any atom is 0.237 e. The van der Waals surface area contributed by atoms with Crippen molar-refractivity contribution in [3.63, 3.8) is 0 Å². The van der Waals surface area contributed by atoms with E-state index in [0.29, 0.717) is 5.92 Å². The van der Waals surface area contributed by atoms with E-state index in [-0.39, 0.29) is 18.0 Å². The van der Waals surface area contributed by atoms with Crippen LogP contribution in [-0.2, 0) is 4.79 Å². The topological polar surface area (TPSA) is 41.1 Å². The number of piperidine rings is 1. The van der Waals surface area contributed by atoms with Crippen molar-refractivity contribution in [2.24, 2.45) is 5.92 Å². The molecule has 18 heavy (non-hydrogen) atoms. The molecule has 1 aromatic carbocycles. The Balaban J connectivity index is 1.91. The summed E-state index contributed by atoms with van der Waals surface area (Å²) in [5.74, 6) is 0.756.